The van der Waals surface area contributed by atoms with Crippen LogP contribution < -0.4 is 0 Å². The topological polar surface area (TPSA) is 82.9 Å². The molecule has 0 aliphatic carbocycles. The second-order valence-corrected chi connectivity index (χ2v) is 8.25. The van der Waals surface area contributed by atoms with Crippen molar-refractivity contribution in [1.29, 1.82) is 0 Å². The van der Waals surface area contributed by atoms with E-state index in [9.17, 15) is 9.59 Å². The normalized spacial score (nSPS) is 16.3. The number of carboxylic acids is 1. The molecule has 1 unspecified atom stereocenters. The van der Waals surface area contributed by atoms with E-state index < -0.39 is 12.0 Å². The Hall–Kier alpha value is -2.77. The Labute approximate surface area is 176 Å². The first-order valence-electron chi connectivity index (χ1n) is 9.14. The van der Waals surface area contributed by atoms with Crippen LogP contribution in [0.3, 0.4) is 0 Å². The van der Waals surface area contributed by atoms with Gasteiger partial charge in [0.1, 0.15) is 5.15 Å². The highest BCUT2D eigenvalue weighted by Crippen LogP contribution is 2.38. The second kappa shape index (κ2) is 7.93. The van der Waals surface area contributed by atoms with E-state index >= 15 is 0 Å². The van der Waals surface area contributed by atoms with Gasteiger partial charge >= 0.3 is 5.97 Å². The second-order valence-electron chi connectivity index (χ2n) is 6.94. The molecule has 3 heterocycles. The summed E-state index contributed by atoms with van der Waals surface area (Å²) in [5.41, 5.74) is 3.37. The number of thiophene rings is 1. The van der Waals surface area contributed by atoms with Gasteiger partial charge in [-0.2, -0.15) is 5.10 Å². The first kappa shape index (κ1) is 19.5. The first-order chi connectivity index (χ1) is 13.9. The molecule has 8 heteroatoms. The number of carbonyl (C=O) groups excluding carboxylic acids is 1. The number of aromatic nitrogens is 1. The Balaban J connectivity index is 1.73. The number of pyridine rings is 1. The third-order valence-corrected chi connectivity index (χ3v) is 6.06. The molecule has 0 saturated carbocycles. The number of carboxylic acid groups (broad SMARTS) is 1. The lowest BCUT2D eigenvalue weighted by molar-refractivity contribution is -0.141. The van der Waals surface area contributed by atoms with Crippen LogP contribution in [-0.4, -0.2) is 32.7 Å². The van der Waals surface area contributed by atoms with E-state index in [0.717, 1.165) is 27.1 Å². The molecule has 0 radical (unpaired) electrons. The molecule has 1 N–H and O–H groups in total. The number of hydrazone groups is 1. The molecule has 3 aromatic rings. The quantitative estimate of drug-likeness (QED) is 0.593. The van der Waals surface area contributed by atoms with Crippen molar-refractivity contribution < 1.29 is 14.7 Å². The molecule has 0 spiro atoms. The highest BCUT2D eigenvalue weighted by atomic mass is 35.5. The summed E-state index contributed by atoms with van der Waals surface area (Å²) in [5, 5.41) is 18.1. The average molecular weight is 428 g/mol. The summed E-state index contributed by atoms with van der Waals surface area (Å²) < 4.78 is 0. The Morgan fingerprint density at radius 1 is 1.28 bits per heavy atom. The fourth-order valence-corrected chi connectivity index (χ4v) is 4.40. The van der Waals surface area contributed by atoms with Gasteiger partial charge in [-0.15, -0.1) is 11.3 Å². The maximum Gasteiger partial charge on any atom is 0.303 e. The summed E-state index contributed by atoms with van der Waals surface area (Å²) in [7, 11) is 0. The zero-order chi connectivity index (χ0) is 20.5. The number of hydrogen-bond acceptors (Lipinski definition) is 5. The van der Waals surface area contributed by atoms with Crippen molar-refractivity contribution in [2.24, 2.45) is 5.10 Å². The van der Waals surface area contributed by atoms with E-state index in [0.29, 0.717) is 17.1 Å². The van der Waals surface area contributed by atoms with Crippen LogP contribution in [0.5, 0.6) is 0 Å². The van der Waals surface area contributed by atoms with E-state index in [2.05, 4.69) is 10.1 Å². The third-order valence-electron chi connectivity index (χ3n) is 4.84. The molecule has 1 aromatic carbocycles. The minimum Gasteiger partial charge on any atom is -0.481 e. The molecule has 1 atom stereocenters. The number of nitrogens with zero attached hydrogens (tertiary/aromatic N) is 3. The van der Waals surface area contributed by atoms with Crippen LogP contribution in [0.2, 0.25) is 5.15 Å². The lowest BCUT2D eigenvalue weighted by atomic mass is 10.0. The number of fused-ring (bicyclic) bond motifs is 1. The largest absolute Gasteiger partial charge is 0.481 e. The van der Waals surface area contributed by atoms with E-state index in [-0.39, 0.29) is 18.7 Å². The number of rotatable bonds is 5. The minimum atomic E-state index is -1.02. The summed E-state index contributed by atoms with van der Waals surface area (Å²) in [4.78, 5) is 29.2. The smallest absolute Gasteiger partial charge is 0.303 e. The first-order valence-corrected chi connectivity index (χ1v) is 10.4. The predicted molar refractivity (Wildman–Crippen MR) is 113 cm³/mol. The molecule has 1 aliphatic heterocycles. The van der Waals surface area contributed by atoms with Gasteiger partial charge in [-0.3, -0.25) is 9.59 Å². The van der Waals surface area contributed by atoms with Crippen molar-refractivity contribution in [1.82, 2.24) is 9.99 Å². The minimum absolute atomic E-state index is 0.120. The van der Waals surface area contributed by atoms with Crippen LogP contribution in [-0.2, 0) is 9.59 Å². The molecule has 6 nitrogen and oxygen atoms in total. The molecule has 0 saturated heterocycles. The monoisotopic (exact) mass is 427 g/mol. The molecule has 1 amide bonds. The standard InChI is InChI=1S/C21H18ClN3O3S/c1-12-4-5-13-10-14(21(22)23-15(13)9-12)17-11-16(18-3-2-8-29-18)24-25(17)19(26)6-7-20(27)28/h2-5,8-10,17H,6-7,11H2,1H3,(H,27,28). The lowest BCUT2D eigenvalue weighted by Gasteiger charge is -2.23. The molecule has 2 aromatic heterocycles. The van der Waals surface area contributed by atoms with E-state index in [4.69, 9.17) is 16.7 Å². The molecule has 29 heavy (non-hydrogen) atoms. The molecule has 1 aliphatic rings. The van der Waals surface area contributed by atoms with Crippen LogP contribution in [0.1, 0.15) is 41.3 Å². The van der Waals surface area contributed by atoms with Crippen LogP contribution in [0.4, 0.5) is 0 Å². The highest BCUT2D eigenvalue weighted by molar-refractivity contribution is 7.12. The summed E-state index contributed by atoms with van der Waals surface area (Å²) in [6, 6.07) is 11.3. The third kappa shape index (κ3) is 4.02. The summed E-state index contributed by atoms with van der Waals surface area (Å²) in [5.74, 6) is -1.36. The van der Waals surface area contributed by atoms with Crippen molar-refractivity contribution in [3.63, 3.8) is 0 Å². The predicted octanol–water partition coefficient (Wildman–Crippen LogP) is 4.80. The Morgan fingerprint density at radius 3 is 2.83 bits per heavy atom. The zero-order valence-corrected chi connectivity index (χ0v) is 17.2. The van der Waals surface area contributed by atoms with Gasteiger partial charge in [-0.05, 0) is 36.1 Å². The van der Waals surface area contributed by atoms with Crippen LogP contribution in [0, 0.1) is 6.92 Å². The summed E-state index contributed by atoms with van der Waals surface area (Å²) in [6.07, 6.45) is 0.137. The number of aryl methyl sites for hydroxylation is 1. The van der Waals surface area contributed by atoms with Crippen LogP contribution in [0.25, 0.3) is 10.9 Å². The lowest BCUT2D eigenvalue weighted by Crippen LogP contribution is -2.27. The Morgan fingerprint density at radius 2 is 2.10 bits per heavy atom. The van der Waals surface area contributed by atoms with Gasteiger partial charge in [0.2, 0.25) is 5.91 Å². The van der Waals surface area contributed by atoms with Gasteiger partial charge in [0.05, 0.1) is 28.6 Å². The van der Waals surface area contributed by atoms with Crippen molar-refractivity contribution in [3.8, 4) is 0 Å². The van der Waals surface area contributed by atoms with Crippen LogP contribution in [0.15, 0.2) is 46.9 Å². The van der Waals surface area contributed by atoms with Crippen molar-refractivity contribution >= 4 is 51.4 Å². The fraction of sp³-hybridized carbons (Fsp3) is 0.238. The van der Waals surface area contributed by atoms with Gasteiger partial charge in [0.25, 0.3) is 0 Å². The number of hydrogen-bond donors (Lipinski definition) is 1. The summed E-state index contributed by atoms with van der Waals surface area (Å²) in [6.45, 7) is 1.99. The van der Waals surface area contributed by atoms with E-state index in [1.165, 1.54) is 5.01 Å². The van der Waals surface area contributed by atoms with Crippen molar-refractivity contribution in [3.05, 3.63) is 62.9 Å². The maximum absolute atomic E-state index is 12.8. The maximum atomic E-state index is 12.8. The summed E-state index contributed by atoms with van der Waals surface area (Å²) >= 11 is 8.06. The molecule has 0 fully saturated rings. The number of amides is 1. The molecule has 148 valence electrons. The van der Waals surface area contributed by atoms with E-state index in [1.807, 2.05) is 48.7 Å². The van der Waals surface area contributed by atoms with Crippen molar-refractivity contribution in [2.75, 3.05) is 0 Å². The van der Waals surface area contributed by atoms with Gasteiger partial charge < -0.3 is 5.11 Å². The molecule has 0 bridgehead atoms. The van der Waals surface area contributed by atoms with Crippen molar-refractivity contribution in [2.45, 2.75) is 32.2 Å². The van der Waals surface area contributed by atoms with Gasteiger partial charge in [0, 0.05) is 23.8 Å². The molecular formula is C21H18ClN3O3S. The van der Waals surface area contributed by atoms with E-state index in [1.54, 1.807) is 11.3 Å². The number of halogens is 1. The zero-order valence-electron chi connectivity index (χ0n) is 15.6. The number of aliphatic carboxylic acids is 1. The van der Waals surface area contributed by atoms with Gasteiger partial charge in [0.15, 0.2) is 0 Å². The fourth-order valence-electron chi connectivity index (χ4n) is 3.41. The van der Waals surface area contributed by atoms with Gasteiger partial charge in [-0.1, -0.05) is 29.8 Å². The molecule has 4 rings (SSSR count). The Bertz CT molecular complexity index is 1130. The van der Waals surface area contributed by atoms with Gasteiger partial charge in [-0.25, -0.2) is 9.99 Å². The SMILES string of the molecule is Cc1ccc2cc(C3CC(c4cccs4)=NN3C(=O)CCC(=O)O)c(Cl)nc2c1. The Kier molecular flexibility index (Phi) is 5.34. The number of carbonyl (C=O) groups is 2. The highest BCUT2D eigenvalue weighted by Gasteiger charge is 2.35. The average Bonchev–Trinajstić information content (AvgIpc) is 3.35. The number of benzene rings is 1. The van der Waals surface area contributed by atoms with Crippen LogP contribution >= 0.6 is 22.9 Å². The molecular weight excluding hydrogens is 410 g/mol.